The van der Waals surface area contributed by atoms with E-state index in [1.54, 1.807) is 0 Å². The lowest BCUT2D eigenvalue weighted by Crippen LogP contribution is -2.27. The third-order valence-electron chi connectivity index (χ3n) is 2.73. The maximum Gasteiger partial charge on any atom is 0.308 e. The molecule has 1 aliphatic heterocycles. The first-order valence-corrected chi connectivity index (χ1v) is 5.87. The average molecular weight is 320 g/mol. The fourth-order valence-corrected chi connectivity index (χ4v) is 2.50. The van der Waals surface area contributed by atoms with Gasteiger partial charge in [0.2, 0.25) is 5.91 Å². The number of rotatable bonds is 2. The predicted molar refractivity (Wildman–Crippen MR) is 62.2 cm³/mol. The van der Waals surface area contributed by atoms with E-state index in [1.807, 2.05) is 0 Å². The van der Waals surface area contributed by atoms with Crippen LogP contribution in [0, 0.1) is 17.6 Å². The molecule has 1 amide bonds. The predicted octanol–water partition coefficient (Wildman–Crippen LogP) is 2.16. The van der Waals surface area contributed by atoms with E-state index < -0.39 is 29.4 Å². The van der Waals surface area contributed by atoms with Crippen molar-refractivity contribution in [2.45, 2.75) is 6.42 Å². The number of halogens is 3. The van der Waals surface area contributed by atoms with Crippen LogP contribution >= 0.6 is 15.9 Å². The van der Waals surface area contributed by atoms with Crippen LogP contribution in [0.2, 0.25) is 0 Å². The number of anilines is 1. The van der Waals surface area contributed by atoms with Crippen LogP contribution < -0.4 is 4.90 Å². The van der Waals surface area contributed by atoms with Crippen molar-refractivity contribution in [2.75, 3.05) is 11.4 Å². The topological polar surface area (TPSA) is 57.6 Å². The van der Waals surface area contributed by atoms with Gasteiger partial charge >= 0.3 is 5.97 Å². The molecule has 1 aromatic rings. The Kier molecular flexibility index (Phi) is 3.34. The first kappa shape index (κ1) is 12.9. The van der Waals surface area contributed by atoms with Gasteiger partial charge in [-0.15, -0.1) is 0 Å². The average Bonchev–Trinajstić information content (AvgIpc) is 2.59. The van der Waals surface area contributed by atoms with Gasteiger partial charge in [-0.2, -0.15) is 0 Å². The molecule has 96 valence electrons. The number of amides is 1. The summed E-state index contributed by atoms with van der Waals surface area (Å²) in [5, 5.41) is 8.83. The minimum Gasteiger partial charge on any atom is -0.481 e. The summed E-state index contributed by atoms with van der Waals surface area (Å²) in [7, 11) is 0. The van der Waals surface area contributed by atoms with Crippen molar-refractivity contribution >= 4 is 33.5 Å². The first-order chi connectivity index (χ1) is 8.40. The molecule has 0 aromatic heterocycles. The second kappa shape index (κ2) is 4.64. The Morgan fingerprint density at radius 2 is 2.11 bits per heavy atom. The van der Waals surface area contributed by atoms with Gasteiger partial charge in [0.1, 0.15) is 5.82 Å². The van der Waals surface area contributed by atoms with Crippen LogP contribution in [0.3, 0.4) is 0 Å². The van der Waals surface area contributed by atoms with Gasteiger partial charge in [-0.3, -0.25) is 9.59 Å². The molecule has 0 bridgehead atoms. The molecule has 2 rings (SSSR count). The number of nitrogens with zero attached hydrogens (tertiary/aromatic N) is 1. The molecule has 1 atom stereocenters. The largest absolute Gasteiger partial charge is 0.481 e. The summed E-state index contributed by atoms with van der Waals surface area (Å²) in [4.78, 5) is 23.5. The van der Waals surface area contributed by atoms with Crippen molar-refractivity contribution in [3.8, 4) is 0 Å². The molecule has 1 aromatic carbocycles. The Labute approximate surface area is 109 Å². The van der Waals surface area contributed by atoms with Crippen LogP contribution in [0.4, 0.5) is 14.5 Å². The molecule has 1 unspecified atom stereocenters. The third-order valence-corrected chi connectivity index (χ3v) is 3.33. The fraction of sp³-hybridized carbons (Fsp3) is 0.273. The molecule has 0 saturated carbocycles. The number of hydrogen-bond acceptors (Lipinski definition) is 2. The Bertz CT molecular complexity index is 512. The molecule has 1 saturated heterocycles. The highest BCUT2D eigenvalue weighted by molar-refractivity contribution is 9.10. The van der Waals surface area contributed by atoms with Crippen molar-refractivity contribution in [1.29, 1.82) is 0 Å². The van der Waals surface area contributed by atoms with E-state index in [-0.39, 0.29) is 23.1 Å². The smallest absolute Gasteiger partial charge is 0.308 e. The molecule has 1 heterocycles. The molecule has 1 aliphatic rings. The fourth-order valence-electron chi connectivity index (χ4n) is 1.88. The highest BCUT2D eigenvalue weighted by Crippen LogP contribution is 2.34. The summed E-state index contributed by atoms with van der Waals surface area (Å²) in [5.74, 6) is -4.14. The lowest BCUT2D eigenvalue weighted by molar-refractivity contribution is -0.141. The molecule has 0 radical (unpaired) electrons. The monoisotopic (exact) mass is 319 g/mol. The quantitative estimate of drug-likeness (QED) is 0.908. The number of hydrogen-bond donors (Lipinski definition) is 1. The van der Waals surface area contributed by atoms with E-state index in [0.29, 0.717) is 6.07 Å². The molecular weight excluding hydrogens is 312 g/mol. The number of benzene rings is 1. The van der Waals surface area contributed by atoms with Gasteiger partial charge in [0.15, 0.2) is 5.82 Å². The van der Waals surface area contributed by atoms with E-state index >= 15 is 0 Å². The van der Waals surface area contributed by atoms with Crippen molar-refractivity contribution in [3.05, 3.63) is 28.2 Å². The highest BCUT2D eigenvalue weighted by Gasteiger charge is 2.37. The van der Waals surface area contributed by atoms with Crippen LogP contribution in [0.1, 0.15) is 6.42 Å². The van der Waals surface area contributed by atoms with Gasteiger partial charge in [-0.25, -0.2) is 8.78 Å². The van der Waals surface area contributed by atoms with E-state index in [1.165, 1.54) is 0 Å². The van der Waals surface area contributed by atoms with E-state index in [4.69, 9.17) is 5.11 Å². The van der Waals surface area contributed by atoms with Crippen LogP contribution in [0.15, 0.2) is 16.6 Å². The molecule has 7 heteroatoms. The van der Waals surface area contributed by atoms with Gasteiger partial charge in [0.25, 0.3) is 0 Å². The summed E-state index contributed by atoms with van der Waals surface area (Å²) in [5.41, 5.74) is -0.120. The summed E-state index contributed by atoms with van der Waals surface area (Å²) >= 11 is 2.97. The zero-order valence-electron chi connectivity index (χ0n) is 8.99. The van der Waals surface area contributed by atoms with Crippen molar-refractivity contribution < 1.29 is 23.5 Å². The SMILES string of the molecule is O=C(O)C1CC(=O)N(c2c(F)cc(F)cc2Br)C1. The maximum absolute atomic E-state index is 13.7. The summed E-state index contributed by atoms with van der Waals surface area (Å²) in [6.45, 7) is -0.116. The number of carboxylic acid groups (broad SMARTS) is 1. The lowest BCUT2D eigenvalue weighted by atomic mass is 10.1. The minimum absolute atomic E-state index is 0.0828. The third kappa shape index (κ3) is 2.22. The van der Waals surface area contributed by atoms with Crippen LogP contribution in [-0.2, 0) is 9.59 Å². The van der Waals surface area contributed by atoms with E-state index in [0.717, 1.165) is 11.0 Å². The van der Waals surface area contributed by atoms with Gasteiger partial charge in [0.05, 0.1) is 11.6 Å². The Morgan fingerprint density at radius 3 is 2.61 bits per heavy atom. The highest BCUT2D eigenvalue weighted by atomic mass is 79.9. The van der Waals surface area contributed by atoms with Crippen LogP contribution in [0.25, 0.3) is 0 Å². The van der Waals surface area contributed by atoms with Crippen LogP contribution in [0.5, 0.6) is 0 Å². The van der Waals surface area contributed by atoms with E-state index in [9.17, 15) is 18.4 Å². The standard InChI is InChI=1S/C11H8BrF2NO3/c12-7-2-6(13)3-8(14)10(7)15-4-5(11(17)18)1-9(15)16/h2-3,5H,1,4H2,(H,17,18). The summed E-state index contributed by atoms with van der Waals surface area (Å²) in [6, 6.07) is 1.68. The second-order valence-corrected chi connectivity index (χ2v) is 4.82. The molecule has 0 aliphatic carbocycles. The van der Waals surface area contributed by atoms with Crippen molar-refractivity contribution in [2.24, 2.45) is 5.92 Å². The summed E-state index contributed by atoms with van der Waals surface area (Å²) in [6.07, 6.45) is -0.182. The normalized spacial score (nSPS) is 19.4. The van der Waals surface area contributed by atoms with E-state index in [2.05, 4.69) is 15.9 Å². The van der Waals surface area contributed by atoms with Gasteiger partial charge < -0.3 is 10.0 Å². The Hall–Kier alpha value is -1.50. The molecule has 1 fully saturated rings. The summed E-state index contributed by atoms with van der Waals surface area (Å²) < 4.78 is 26.7. The van der Waals surface area contributed by atoms with Gasteiger partial charge in [-0.1, -0.05) is 0 Å². The Balaban J connectivity index is 2.39. The minimum atomic E-state index is -1.11. The first-order valence-electron chi connectivity index (χ1n) is 5.08. The molecule has 4 nitrogen and oxygen atoms in total. The Morgan fingerprint density at radius 1 is 1.44 bits per heavy atom. The van der Waals surface area contributed by atoms with Gasteiger partial charge in [-0.05, 0) is 22.0 Å². The maximum atomic E-state index is 13.7. The van der Waals surface area contributed by atoms with Gasteiger partial charge in [0, 0.05) is 23.5 Å². The lowest BCUT2D eigenvalue weighted by Gasteiger charge is -2.18. The number of carbonyl (C=O) groups excluding carboxylic acids is 1. The number of aliphatic carboxylic acids is 1. The van der Waals surface area contributed by atoms with Crippen molar-refractivity contribution in [3.63, 3.8) is 0 Å². The van der Waals surface area contributed by atoms with Crippen molar-refractivity contribution in [1.82, 2.24) is 0 Å². The van der Waals surface area contributed by atoms with Crippen LogP contribution in [-0.4, -0.2) is 23.5 Å². The molecule has 18 heavy (non-hydrogen) atoms. The molecular formula is C11H8BrF2NO3. The zero-order chi connectivity index (χ0) is 13.4. The number of carboxylic acids is 1. The second-order valence-electron chi connectivity index (χ2n) is 3.96. The zero-order valence-corrected chi connectivity index (χ0v) is 10.6. The molecule has 1 N–H and O–H groups in total. The molecule has 0 spiro atoms. The number of carbonyl (C=O) groups is 2.